The minimum absolute atomic E-state index is 0.939. The number of hydrogen-bond donors (Lipinski definition) is 0. The van der Waals surface area contributed by atoms with Crippen molar-refractivity contribution in [1.82, 2.24) is 9.97 Å². The van der Waals surface area contributed by atoms with Crippen molar-refractivity contribution in [2.45, 2.75) is 13.8 Å². The van der Waals surface area contributed by atoms with Gasteiger partial charge in [-0.15, -0.1) is 0 Å². The largest absolute Gasteiger partial charge is 0.256 e. The van der Waals surface area contributed by atoms with Gasteiger partial charge in [0.1, 0.15) is 0 Å². The molecule has 4 aromatic rings. The third-order valence-corrected chi connectivity index (χ3v) is 4.48. The van der Waals surface area contributed by atoms with Crippen molar-refractivity contribution in [3.63, 3.8) is 0 Å². The molecule has 2 nitrogen and oxygen atoms in total. The topological polar surface area (TPSA) is 25.8 Å². The predicted octanol–water partition coefficient (Wildman–Crippen LogP) is 6.09. The van der Waals surface area contributed by atoms with Crippen molar-refractivity contribution in [1.29, 1.82) is 0 Å². The molecule has 2 heterocycles. The number of hydrogen-bond acceptors (Lipinski definition) is 2. The number of benzene rings is 2. The third-order valence-electron chi connectivity index (χ3n) is 4.48. The highest BCUT2D eigenvalue weighted by Crippen LogP contribution is 2.38. The Morgan fingerprint density at radius 1 is 0.692 bits per heavy atom. The fraction of sp³-hybridized carbons (Fsp3) is 0.0833. The van der Waals surface area contributed by atoms with Crippen LogP contribution in [0, 0.1) is 13.8 Å². The molecule has 0 unspecified atom stereocenters. The van der Waals surface area contributed by atoms with Crippen LogP contribution in [0.2, 0.25) is 0 Å². The first-order valence-corrected chi connectivity index (χ1v) is 8.78. The minimum atomic E-state index is 0.939. The Morgan fingerprint density at radius 2 is 1.42 bits per heavy atom. The molecule has 126 valence electrons. The smallest absolute Gasteiger partial charge is 0.0805 e. The number of aromatic nitrogens is 2. The van der Waals surface area contributed by atoms with Crippen LogP contribution in [0.3, 0.4) is 0 Å². The Bertz CT molecular complexity index is 1020. The summed E-state index contributed by atoms with van der Waals surface area (Å²) in [5.74, 6) is 0. The summed E-state index contributed by atoms with van der Waals surface area (Å²) in [5.41, 5.74) is 8.67. The van der Waals surface area contributed by atoms with Crippen molar-refractivity contribution in [3.05, 3.63) is 96.3 Å². The lowest BCUT2D eigenvalue weighted by Gasteiger charge is -2.16. The molecule has 0 spiro atoms. The van der Waals surface area contributed by atoms with E-state index >= 15 is 0 Å². The summed E-state index contributed by atoms with van der Waals surface area (Å²) in [7, 11) is 0. The van der Waals surface area contributed by atoms with Crippen LogP contribution in [0.25, 0.3) is 33.6 Å². The molecular formula is C24H20N2. The van der Waals surface area contributed by atoms with Crippen LogP contribution in [-0.4, -0.2) is 9.97 Å². The van der Waals surface area contributed by atoms with Crippen LogP contribution in [0.4, 0.5) is 0 Å². The first kappa shape index (κ1) is 16.2. The molecule has 0 saturated heterocycles. The quantitative estimate of drug-likeness (QED) is 0.452. The van der Waals surface area contributed by atoms with Crippen LogP contribution in [0.1, 0.15) is 11.3 Å². The molecule has 0 saturated carbocycles. The van der Waals surface area contributed by atoms with Crippen LogP contribution >= 0.6 is 0 Å². The Morgan fingerprint density at radius 3 is 2.12 bits per heavy atom. The Kier molecular flexibility index (Phi) is 4.32. The molecule has 0 aliphatic heterocycles. The average molecular weight is 336 g/mol. The number of pyridine rings is 2. The van der Waals surface area contributed by atoms with E-state index < -0.39 is 0 Å². The second-order valence-electron chi connectivity index (χ2n) is 6.48. The molecular weight excluding hydrogens is 316 g/mol. The lowest BCUT2D eigenvalue weighted by atomic mass is 9.92. The zero-order valence-electron chi connectivity index (χ0n) is 15.0. The summed E-state index contributed by atoms with van der Waals surface area (Å²) in [4.78, 5) is 9.52. The molecule has 0 atom stereocenters. The second kappa shape index (κ2) is 6.93. The van der Waals surface area contributed by atoms with Gasteiger partial charge in [-0.3, -0.25) is 9.97 Å². The minimum Gasteiger partial charge on any atom is -0.256 e. The van der Waals surface area contributed by atoms with Gasteiger partial charge < -0.3 is 0 Å². The fourth-order valence-corrected chi connectivity index (χ4v) is 3.21. The Hall–Kier alpha value is -3.26. The lowest BCUT2D eigenvalue weighted by Crippen LogP contribution is -1.97. The van der Waals surface area contributed by atoms with Gasteiger partial charge in [0.05, 0.1) is 11.4 Å². The number of rotatable bonds is 3. The van der Waals surface area contributed by atoms with E-state index in [9.17, 15) is 0 Å². The lowest BCUT2D eigenvalue weighted by molar-refractivity contribution is 1.20. The van der Waals surface area contributed by atoms with Crippen molar-refractivity contribution in [3.8, 4) is 33.6 Å². The molecule has 0 bridgehead atoms. The van der Waals surface area contributed by atoms with Crippen LogP contribution in [-0.2, 0) is 0 Å². The molecule has 2 aromatic heterocycles. The van der Waals surface area contributed by atoms with Crippen molar-refractivity contribution in [2.75, 3.05) is 0 Å². The van der Waals surface area contributed by atoms with Gasteiger partial charge in [0.2, 0.25) is 0 Å². The van der Waals surface area contributed by atoms with Gasteiger partial charge >= 0.3 is 0 Å². The summed E-state index contributed by atoms with van der Waals surface area (Å²) >= 11 is 0. The molecule has 0 aliphatic rings. The van der Waals surface area contributed by atoms with Gasteiger partial charge in [-0.1, -0.05) is 66.2 Å². The van der Waals surface area contributed by atoms with Gasteiger partial charge in [0.15, 0.2) is 0 Å². The van der Waals surface area contributed by atoms with Crippen LogP contribution in [0.5, 0.6) is 0 Å². The van der Waals surface area contributed by atoms with E-state index in [1.807, 2.05) is 31.3 Å². The highest BCUT2D eigenvalue weighted by atomic mass is 14.7. The maximum Gasteiger partial charge on any atom is 0.0805 e. The summed E-state index contributed by atoms with van der Waals surface area (Å²) in [6, 6.07) is 27.2. The van der Waals surface area contributed by atoms with E-state index in [2.05, 4.69) is 72.6 Å². The highest BCUT2D eigenvalue weighted by Gasteiger charge is 2.17. The van der Waals surface area contributed by atoms with E-state index in [1.54, 1.807) is 0 Å². The molecule has 0 N–H and O–H groups in total. The first-order chi connectivity index (χ1) is 12.7. The Labute approximate surface area is 154 Å². The van der Waals surface area contributed by atoms with Gasteiger partial charge in [0, 0.05) is 23.0 Å². The standard InChI is InChI=1S/C24H20N2/c1-17-11-13-20(14-12-17)24-23(22-10-6-7-15-25-22)21(16-18(2)26-24)19-8-4-3-5-9-19/h3-16H,1-2H3. The van der Waals surface area contributed by atoms with Crippen molar-refractivity contribution in [2.24, 2.45) is 0 Å². The normalized spacial score (nSPS) is 10.7. The molecule has 0 aliphatic carbocycles. The van der Waals surface area contributed by atoms with Gasteiger partial charge in [-0.2, -0.15) is 0 Å². The molecule has 26 heavy (non-hydrogen) atoms. The van der Waals surface area contributed by atoms with Gasteiger partial charge in [-0.05, 0) is 43.2 Å². The number of aryl methyl sites for hydroxylation is 2. The van der Waals surface area contributed by atoms with E-state index in [1.165, 1.54) is 11.1 Å². The average Bonchev–Trinajstić information content (AvgIpc) is 2.69. The maximum absolute atomic E-state index is 4.90. The van der Waals surface area contributed by atoms with Crippen molar-refractivity contribution < 1.29 is 0 Å². The third kappa shape index (κ3) is 3.14. The molecule has 0 fully saturated rings. The monoisotopic (exact) mass is 336 g/mol. The fourth-order valence-electron chi connectivity index (χ4n) is 3.21. The second-order valence-corrected chi connectivity index (χ2v) is 6.48. The summed E-state index contributed by atoms with van der Waals surface area (Å²) in [6.45, 7) is 4.15. The SMILES string of the molecule is Cc1ccc(-c2nc(C)cc(-c3ccccc3)c2-c2ccccn2)cc1. The van der Waals surface area contributed by atoms with Gasteiger partial charge in [0.25, 0.3) is 0 Å². The van der Waals surface area contributed by atoms with Gasteiger partial charge in [-0.25, -0.2) is 0 Å². The predicted molar refractivity (Wildman–Crippen MR) is 108 cm³/mol. The molecule has 0 amide bonds. The number of nitrogens with zero attached hydrogens (tertiary/aromatic N) is 2. The molecule has 0 radical (unpaired) electrons. The van der Waals surface area contributed by atoms with E-state index in [-0.39, 0.29) is 0 Å². The van der Waals surface area contributed by atoms with Crippen LogP contribution < -0.4 is 0 Å². The van der Waals surface area contributed by atoms with E-state index in [0.29, 0.717) is 0 Å². The van der Waals surface area contributed by atoms with Crippen molar-refractivity contribution >= 4 is 0 Å². The zero-order valence-corrected chi connectivity index (χ0v) is 15.0. The maximum atomic E-state index is 4.90. The molecule has 4 rings (SSSR count). The molecule has 2 heteroatoms. The van der Waals surface area contributed by atoms with E-state index in [4.69, 9.17) is 4.98 Å². The zero-order chi connectivity index (χ0) is 17.9. The molecule has 2 aromatic carbocycles. The first-order valence-electron chi connectivity index (χ1n) is 8.78. The van der Waals surface area contributed by atoms with E-state index in [0.717, 1.165) is 33.8 Å². The Balaban J connectivity index is 2.05. The highest BCUT2D eigenvalue weighted by molar-refractivity contribution is 5.91. The summed E-state index contributed by atoms with van der Waals surface area (Å²) in [6.07, 6.45) is 1.84. The summed E-state index contributed by atoms with van der Waals surface area (Å²) < 4.78 is 0. The summed E-state index contributed by atoms with van der Waals surface area (Å²) in [5, 5.41) is 0. The van der Waals surface area contributed by atoms with Crippen LogP contribution in [0.15, 0.2) is 85.1 Å².